The number of rotatable bonds is 4. The molecule has 1 amide bonds. The Hall–Kier alpha value is -1.88. The van der Waals surface area contributed by atoms with Gasteiger partial charge in [0.1, 0.15) is 5.82 Å². The summed E-state index contributed by atoms with van der Waals surface area (Å²) < 4.78 is 1.02. The van der Waals surface area contributed by atoms with Gasteiger partial charge in [0.15, 0.2) is 0 Å². The van der Waals surface area contributed by atoms with Crippen LogP contribution in [0.15, 0.2) is 47.1 Å². The summed E-state index contributed by atoms with van der Waals surface area (Å²) in [7, 11) is 1.75. The van der Waals surface area contributed by atoms with Gasteiger partial charge in [0.05, 0.1) is 11.6 Å². The number of benzene rings is 1. The van der Waals surface area contributed by atoms with E-state index >= 15 is 0 Å². The molecular weight excluding hydrogens is 318 g/mol. The third kappa shape index (κ3) is 3.36. The van der Waals surface area contributed by atoms with Gasteiger partial charge >= 0.3 is 0 Å². The number of hydrogen-bond donors (Lipinski definition) is 2. The Bertz CT molecular complexity index is 598. The summed E-state index contributed by atoms with van der Waals surface area (Å²) in [4.78, 5) is 16.4. The van der Waals surface area contributed by atoms with Crippen LogP contribution in [0.1, 0.15) is 28.9 Å². The van der Waals surface area contributed by atoms with E-state index in [1.165, 1.54) is 0 Å². The van der Waals surface area contributed by atoms with Crippen molar-refractivity contribution in [1.29, 1.82) is 0 Å². The molecule has 0 radical (unpaired) electrons. The average Bonchev–Trinajstić information content (AvgIpc) is 2.47. The largest absolute Gasteiger partial charge is 0.372 e. The van der Waals surface area contributed by atoms with E-state index in [0.717, 1.165) is 10.0 Å². The molecule has 0 aliphatic carbocycles. The second kappa shape index (κ2) is 6.52. The molecule has 1 aromatic carbocycles. The number of nitrogens with one attached hydrogen (secondary N) is 2. The second-order valence-electron chi connectivity index (χ2n) is 4.40. The van der Waals surface area contributed by atoms with E-state index in [9.17, 15) is 4.79 Å². The number of aromatic nitrogens is 1. The fourth-order valence-corrected chi connectivity index (χ4v) is 2.16. The summed E-state index contributed by atoms with van der Waals surface area (Å²) in [5.74, 6) is 0.436. The molecule has 0 bridgehead atoms. The topological polar surface area (TPSA) is 54.0 Å². The molecular formula is C15H16BrN3O. The van der Waals surface area contributed by atoms with E-state index in [1.54, 1.807) is 25.4 Å². The predicted molar refractivity (Wildman–Crippen MR) is 83.8 cm³/mol. The lowest BCUT2D eigenvalue weighted by Gasteiger charge is -2.15. The number of carbonyl (C=O) groups excluding carboxylic acids is 1. The van der Waals surface area contributed by atoms with Gasteiger partial charge in [0, 0.05) is 17.7 Å². The Labute approximate surface area is 126 Å². The van der Waals surface area contributed by atoms with E-state index in [2.05, 4.69) is 31.5 Å². The Morgan fingerprint density at radius 1 is 1.25 bits per heavy atom. The van der Waals surface area contributed by atoms with Crippen LogP contribution in [0.25, 0.3) is 0 Å². The molecule has 0 aliphatic heterocycles. The smallest absolute Gasteiger partial charge is 0.255 e. The van der Waals surface area contributed by atoms with Gasteiger partial charge in [-0.1, -0.05) is 28.1 Å². The van der Waals surface area contributed by atoms with Crippen molar-refractivity contribution in [2.75, 3.05) is 12.4 Å². The van der Waals surface area contributed by atoms with E-state index in [1.807, 2.05) is 31.2 Å². The van der Waals surface area contributed by atoms with Crippen molar-refractivity contribution in [1.82, 2.24) is 10.3 Å². The molecule has 20 heavy (non-hydrogen) atoms. The molecule has 1 heterocycles. The molecule has 1 unspecified atom stereocenters. The normalized spacial score (nSPS) is 11.8. The van der Waals surface area contributed by atoms with Gasteiger partial charge in [0.2, 0.25) is 0 Å². The van der Waals surface area contributed by atoms with Crippen LogP contribution in [0, 0.1) is 0 Å². The molecule has 0 saturated carbocycles. The quantitative estimate of drug-likeness (QED) is 0.901. The highest BCUT2D eigenvalue weighted by molar-refractivity contribution is 9.10. The SMILES string of the molecule is CNc1ncccc1C(=O)NC(C)c1ccc(Br)cc1. The molecule has 0 spiro atoms. The molecule has 0 aliphatic rings. The first-order valence-electron chi connectivity index (χ1n) is 6.31. The Morgan fingerprint density at radius 2 is 1.95 bits per heavy atom. The zero-order valence-electron chi connectivity index (χ0n) is 11.4. The van der Waals surface area contributed by atoms with Gasteiger partial charge in [-0.3, -0.25) is 4.79 Å². The summed E-state index contributed by atoms with van der Waals surface area (Å²) in [6, 6.07) is 11.3. The monoisotopic (exact) mass is 333 g/mol. The summed E-state index contributed by atoms with van der Waals surface area (Å²) >= 11 is 3.40. The molecule has 5 heteroatoms. The van der Waals surface area contributed by atoms with Gasteiger partial charge < -0.3 is 10.6 Å². The lowest BCUT2D eigenvalue weighted by molar-refractivity contribution is 0.0940. The van der Waals surface area contributed by atoms with Crippen LogP contribution in [0.5, 0.6) is 0 Å². The maximum Gasteiger partial charge on any atom is 0.255 e. The summed E-state index contributed by atoms with van der Waals surface area (Å²) in [5, 5.41) is 5.89. The summed E-state index contributed by atoms with van der Waals surface area (Å²) in [6.07, 6.45) is 1.65. The minimum absolute atomic E-state index is 0.0690. The van der Waals surface area contributed by atoms with E-state index in [0.29, 0.717) is 11.4 Å². The van der Waals surface area contributed by atoms with Crippen LogP contribution in [0.2, 0.25) is 0 Å². The van der Waals surface area contributed by atoms with Crippen LogP contribution < -0.4 is 10.6 Å². The van der Waals surface area contributed by atoms with Crippen molar-refractivity contribution in [3.8, 4) is 0 Å². The first kappa shape index (κ1) is 14.5. The Kier molecular flexibility index (Phi) is 4.74. The van der Waals surface area contributed by atoms with Gasteiger partial charge in [-0.05, 0) is 36.8 Å². The number of hydrogen-bond acceptors (Lipinski definition) is 3. The van der Waals surface area contributed by atoms with Crippen molar-refractivity contribution in [2.45, 2.75) is 13.0 Å². The maximum atomic E-state index is 12.3. The molecule has 4 nitrogen and oxygen atoms in total. The van der Waals surface area contributed by atoms with Crippen LogP contribution in [0.3, 0.4) is 0 Å². The number of amides is 1. The molecule has 104 valence electrons. The predicted octanol–water partition coefficient (Wildman–Crippen LogP) is 3.38. The lowest BCUT2D eigenvalue weighted by Crippen LogP contribution is -2.27. The first-order valence-corrected chi connectivity index (χ1v) is 7.10. The highest BCUT2D eigenvalue weighted by Crippen LogP contribution is 2.18. The molecule has 0 saturated heterocycles. The second-order valence-corrected chi connectivity index (χ2v) is 5.31. The Balaban J connectivity index is 2.13. The van der Waals surface area contributed by atoms with Crippen molar-refractivity contribution >= 4 is 27.7 Å². The minimum Gasteiger partial charge on any atom is -0.372 e. The number of halogens is 1. The zero-order chi connectivity index (χ0) is 14.5. The Morgan fingerprint density at radius 3 is 2.60 bits per heavy atom. The highest BCUT2D eigenvalue weighted by Gasteiger charge is 2.14. The van der Waals surface area contributed by atoms with E-state index < -0.39 is 0 Å². The maximum absolute atomic E-state index is 12.3. The van der Waals surface area contributed by atoms with Crippen LogP contribution >= 0.6 is 15.9 Å². The molecule has 1 atom stereocenters. The van der Waals surface area contributed by atoms with Gasteiger partial charge in [0.25, 0.3) is 5.91 Å². The molecule has 2 N–H and O–H groups in total. The summed E-state index contributed by atoms with van der Waals surface area (Å²) in [5.41, 5.74) is 1.59. The fourth-order valence-electron chi connectivity index (χ4n) is 1.90. The van der Waals surface area contributed by atoms with Gasteiger partial charge in [-0.2, -0.15) is 0 Å². The van der Waals surface area contributed by atoms with Gasteiger partial charge in [-0.15, -0.1) is 0 Å². The fraction of sp³-hybridized carbons (Fsp3) is 0.200. The molecule has 0 fully saturated rings. The number of pyridine rings is 1. The number of anilines is 1. The van der Waals surface area contributed by atoms with Gasteiger partial charge in [-0.25, -0.2) is 4.98 Å². The third-order valence-electron chi connectivity index (χ3n) is 3.01. The molecule has 1 aromatic heterocycles. The lowest BCUT2D eigenvalue weighted by atomic mass is 10.1. The van der Waals surface area contributed by atoms with Crippen molar-refractivity contribution in [2.24, 2.45) is 0 Å². The number of nitrogens with zero attached hydrogens (tertiary/aromatic N) is 1. The summed E-state index contributed by atoms with van der Waals surface area (Å²) in [6.45, 7) is 1.95. The van der Waals surface area contributed by atoms with Crippen molar-refractivity contribution < 1.29 is 4.79 Å². The average molecular weight is 334 g/mol. The van der Waals surface area contributed by atoms with Crippen molar-refractivity contribution in [3.05, 3.63) is 58.2 Å². The highest BCUT2D eigenvalue weighted by atomic mass is 79.9. The van der Waals surface area contributed by atoms with Crippen LogP contribution in [-0.2, 0) is 0 Å². The minimum atomic E-state index is -0.141. The molecule has 2 aromatic rings. The standard InChI is InChI=1S/C15H16BrN3O/c1-10(11-5-7-12(16)8-6-11)19-15(20)13-4-3-9-18-14(13)17-2/h3-10H,1-2H3,(H,17,18)(H,19,20). The number of carbonyl (C=O) groups is 1. The van der Waals surface area contributed by atoms with Crippen LogP contribution in [0.4, 0.5) is 5.82 Å². The third-order valence-corrected chi connectivity index (χ3v) is 3.54. The first-order chi connectivity index (χ1) is 9.61. The molecule has 2 rings (SSSR count). The van der Waals surface area contributed by atoms with Crippen LogP contribution in [-0.4, -0.2) is 17.9 Å². The van der Waals surface area contributed by atoms with Crippen molar-refractivity contribution in [3.63, 3.8) is 0 Å². The zero-order valence-corrected chi connectivity index (χ0v) is 12.9. The van der Waals surface area contributed by atoms with E-state index in [-0.39, 0.29) is 11.9 Å². The van der Waals surface area contributed by atoms with E-state index in [4.69, 9.17) is 0 Å².